The lowest BCUT2D eigenvalue weighted by atomic mass is 9.88. The molecule has 2 aromatic rings. The van der Waals surface area contributed by atoms with Gasteiger partial charge in [-0.25, -0.2) is 0 Å². The van der Waals surface area contributed by atoms with Gasteiger partial charge in [0.15, 0.2) is 0 Å². The fraction of sp³-hybridized carbons (Fsp3) is 0.300. The van der Waals surface area contributed by atoms with E-state index >= 15 is 0 Å². The Labute approximate surface area is 140 Å². The third-order valence-corrected chi connectivity index (χ3v) is 5.24. The summed E-state index contributed by atoms with van der Waals surface area (Å²) in [5.74, 6) is -1.59. The van der Waals surface area contributed by atoms with Crippen LogP contribution in [0.3, 0.4) is 0 Å². The van der Waals surface area contributed by atoms with Crippen LogP contribution in [0.1, 0.15) is 40.5 Å². The number of rotatable bonds is 2. The van der Waals surface area contributed by atoms with E-state index in [-0.39, 0.29) is 18.4 Å². The summed E-state index contributed by atoms with van der Waals surface area (Å²) in [6.07, 6.45) is 1.73. The Hall–Kier alpha value is -2.62. The van der Waals surface area contributed by atoms with Crippen LogP contribution in [0.25, 0.3) is 0 Å². The van der Waals surface area contributed by atoms with Gasteiger partial charge in [-0.05, 0) is 35.1 Å². The molecule has 4 rings (SSSR count). The molecule has 0 fully saturated rings. The maximum Gasteiger partial charge on any atom is 0.312 e. The minimum absolute atomic E-state index is 0.0562. The number of carboxylic acids is 1. The molecule has 122 valence electrons. The second-order valence-electron chi connectivity index (χ2n) is 6.60. The third-order valence-electron chi connectivity index (χ3n) is 5.24. The average molecular weight is 321 g/mol. The van der Waals surface area contributed by atoms with Gasteiger partial charge in [0.2, 0.25) is 5.91 Å². The van der Waals surface area contributed by atoms with E-state index in [1.165, 1.54) is 5.56 Å². The van der Waals surface area contributed by atoms with Crippen LogP contribution in [0, 0.1) is 0 Å². The van der Waals surface area contributed by atoms with Crippen molar-refractivity contribution >= 4 is 11.9 Å². The molecule has 1 heterocycles. The Bertz CT molecular complexity index is 814. The van der Waals surface area contributed by atoms with Gasteiger partial charge < -0.3 is 10.0 Å². The highest BCUT2D eigenvalue weighted by Crippen LogP contribution is 2.37. The fourth-order valence-corrected chi connectivity index (χ4v) is 4.02. The van der Waals surface area contributed by atoms with E-state index in [0.717, 1.165) is 29.5 Å². The fourth-order valence-electron chi connectivity index (χ4n) is 4.02. The number of carbonyl (C=O) groups excluding carboxylic acids is 1. The van der Waals surface area contributed by atoms with Crippen LogP contribution in [0.2, 0.25) is 0 Å². The minimum atomic E-state index is -0.869. The van der Waals surface area contributed by atoms with E-state index in [0.29, 0.717) is 6.54 Å². The molecular formula is C20H19NO3. The van der Waals surface area contributed by atoms with Crippen molar-refractivity contribution in [3.8, 4) is 0 Å². The van der Waals surface area contributed by atoms with Gasteiger partial charge in [0.25, 0.3) is 0 Å². The summed E-state index contributed by atoms with van der Waals surface area (Å²) in [4.78, 5) is 26.5. The van der Waals surface area contributed by atoms with Crippen LogP contribution in [0.15, 0.2) is 48.5 Å². The first-order valence-corrected chi connectivity index (χ1v) is 8.32. The number of aryl methyl sites for hydroxylation is 1. The quantitative estimate of drug-likeness (QED) is 0.925. The first-order chi connectivity index (χ1) is 11.6. The van der Waals surface area contributed by atoms with E-state index < -0.39 is 11.9 Å². The van der Waals surface area contributed by atoms with Gasteiger partial charge >= 0.3 is 5.97 Å². The number of carbonyl (C=O) groups is 2. The smallest absolute Gasteiger partial charge is 0.312 e. The summed E-state index contributed by atoms with van der Waals surface area (Å²) in [6.45, 7) is 0.751. The second kappa shape index (κ2) is 5.78. The van der Waals surface area contributed by atoms with Crippen LogP contribution in [0.4, 0.5) is 0 Å². The van der Waals surface area contributed by atoms with E-state index in [1.54, 1.807) is 4.90 Å². The molecule has 1 aliphatic carbocycles. The van der Waals surface area contributed by atoms with Crippen LogP contribution < -0.4 is 0 Å². The van der Waals surface area contributed by atoms with E-state index in [2.05, 4.69) is 6.07 Å². The largest absolute Gasteiger partial charge is 0.481 e. The van der Waals surface area contributed by atoms with Gasteiger partial charge in [0, 0.05) is 13.1 Å². The second-order valence-corrected chi connectivity index (χ2v) is 6.60. The molecule has 0 aromatic heterocycles. The Morgan fingerprint density at radius 1 is 0.917 bits per heavy atom. The molecule has 24 heavy (non-hydrogen) atoms. The number of fused-ring (bicyclic) bond motifs is 2. The Balaban J connectivity index is 1.64. The zero-order chi connectivity index (χ0) is 16.7. The van der Waals surface area contributed by atoms with Crippen molar-refractivity contribution in [2.45, 2.75) is 31.2 Å². The summed E-state index contributed by atoms with van der Waals surface area (Å²) >= 11 is 0. The molecule has 0 saturated heterocycles. The number of carboxylic acid groups (broad SMARTS) is 1. The molecule has 4 heteroatoms. The average Bonchev–Trinajstić information content (AvgIpc) is 3.04. The van der Waals surface area contributed by atoms with Gasteiger partial charge in [-0.15, -0.1) is 0 Å². The van der Waals surface area contributed by atoms with Crippen molar-refractivity contribution in [1.29, 1.82) is 0 Å². The van der Waals surface area contributed by atoms with Crippen LogP contribution in [-0.2, 0) is 22.6 Å². The predicted molar refractivity (Wildman–Crippen MR) is 89.7 cm³/mol. The number of hydrogen-bond acceptors (Lipinski definition) is 2. The van der Waals surface area contributed by atoms with Crippen LogP contribution in [0.5, 0.6) is 0 Å². The summed E-state index contributed by atoms with van der Waals surface area (Å²) < 4.78 is 0. The van der Waals surface area contributed by atoms with Crippen molar-refractivity contribution in [1.82, 2.24) is 4.90 Å². The van der Waals surface area contributed by atoms with Gasteiger partial charge in [-0.3, -0.25) is 9.59 Å². The molecule has 2 unspecified atom stereocenters. The lowest BCUT2D eigenvalue weighted by Crippen LogP contribution is -2.42. The SMILES string of the molecule is O=C(O)C1CN(C(=O)C2CCc3ccccc32)Cc2ccccc21. The standard InChI is InChI=1S/C20H19NO3/c22-19(17-10-9-13-5-1-3-7-15(13)17)21-11-14-6-2-4-8-16(14)18(12-21)20(23)24/h1-8,17-18H,9-12H2,(H,23,24). The molecular weight excluding hydrogens is 302 g/mol. The molecule has 1 aliphatic heterocycles. The minimum Gasteiger partial charge on any atom is -0.481 e. The molecule has 0 radical (unpaired) electrons. The Morgan fingerprint density at radius 2 is 1.54 bits per heavy atom. The summed E-state index contributed by atoms with van der Waals surface area (Å²) in [7, 11) is 0. The molecule has 1 amide bonds. The monoisotopic (exact) mass is 321 g/mol. The van der Waals surface area contributed by atoms with Gasteiger partial charge in [-0.2, -0.15) is 0 Å². The van der Waals surface area contributed by atoms with Crippen molar-refractivity contribution in [2.75, 3.05) is 6.54 Å². The zero-order valence-corrected chi connectivity index (χ0v) is 13.3. The summed E-state index contributed by atoms with van der Waals surface area (Å²) in [6, 6.07) is 15.6. The first-order valence-electron chi connectivity index (χ1n) is 8.32. The molecule has 2 aromatic carbocycles. The lowest BCUT2D eigenvalue weighted by molar-refractivity contribution is -0.141. The first kappa shape index (κ1) is 14.9. The predicted octanol–water partition coefficient (Wildman–Crippen LogP) is 2.93. The molecule has 0 saturated carbocycles. The Kier molecular flexibility index (Phi) is 3.60. The number of aliphatic carboxylic acids is 1. The highest BCUT2D eigenvalue weighted by Gasteiger charge is 2.37. The Morgan fingerprint density at radius 3 is 2.25 bits per heavy atom. The number of hydrogen-bond donors (Lipinski definition) is 1. The molecule has 0 bridgehead atoms. The molecule has 4 nitrogen and oxygen atoms in total. The number of amides is 1. The zero-order valence-electron chi connectivity index (χ0n) is 13.3. The van der Waals surface area contributed by atoms with Crippen molar-refractivity contribution in [3.05, 3.63) is 70.8 Å². The normalized spacial score (nSPS) is 21.9. The number of nitrogens with zero attached hydrogens (tertiary/aromatic N) is 1. The van der Waals surface area contributed by atoms with Gasteiger partial charge in [-0.1, -0.05) is 48.5 Å². The molecule has 2 atom stereocenters. The molecule has 0 spiro atoms. The van der Waals surface area contributed by atoms with Crippen LogP contribution in [-0.4, -0.2) is 28.4 Å². The topological polar surface area (TPSA) is 57.6 Å². The summed E-state index contributed by atoms with van der Waals surface area (Å²) in [5.41, 5.74) is 4.12. The summed E-state index contributed by atoms with van der Waals surface area (Å²) in [5, 5.41) is 9.57. The van der Waals surface area contributed by atoms with Crippen molar-refractivity contribution in [3.63, 3.8) is 0 Å². The lowest BCUT2D eigenvalue weighted by Gasteiger charge is -2.34. The molecule has 2 aliphatic rings. The van der Waals surface area contributed by atoms with E-state index in [9.17, 15) is 14.7 Å². The maximum atomic E-state index is 13.1. The maximum absolute atomic E-state index is 13.1. The van der Waals surface area contributed by atoms with E-state index in [4.69, 9.17) is 0 Å². The van der Waals surface area contributed by atoms with Gasteiger partial charge in [0.1, 0.15) is 0 Å². The highest BCUT2D eigenvalue weighted by molar-refractivity contribution is 5.87. The van der Waals surface area contributed by atoms with Gasteiger partial charge in [0.05, 0.1) is 11.8 Å². The van der Waals surface area contributed by atoms with Crippen molar-refractivity contribution < 1.29 is 14.7 Å². The van der Waals surface area contributed by atoms with Crippen LogP contribution >= 0.6 is 0 Å². The molecule has 1 N–H and O–H groups in total. The highest BCUT2D eigenvalue weighted by atomic mass is 16.4. The third kappa shape index (κ3) is 2.39. The van der Waals surface area contributed by atoms with Crippen molar-refractivity contribution in [2.24, 2.45) is 0 Å². The number of benzene rings is 2. The van der Waals surface area contributed by atoms with E-state index in [1.807, 2.05) is 42.5 Å².